The standard InChI is InChI=1S/C49H55BrF3N10O5P/c1-27-20-40(57-49-54-25-34(50)46(59-49)56-39-8-7-38-33(45(39)69(4,5)67)23-35(51)28(2)55-38)42(68-3)24-41(27)61-14-11-30(12-15-61)60-16-18-62(19-17-60)48(66)29-10-13-63(26-29)31-21-36(52)44(37(53)22-31)32-6-9-43(64)58-47(32)65/h7-8,20-25,29-30,32H,6,9-19,26H2,1-5H3,(H,58,64,65)(H2,54,56,57,59)/t29-,32-/m1/s1. The molecular formula is C49H55BrF3N10O5P. The first-order chi connectivity index (χ1) is 32.9. The lowest BCUT2D eigenvalue weighted by atomic mass is 9.89. The summed E-state index contributed by atoms with van der Waals surface area (Å²) in [4.78, 5) is 59.9. The van der Waals surface area contributed by atoms with Crippen molar-refractivity contribution >= 4 is 91.5 Å². The molecule has 3 N–H and O–H groups in total. The highest BCUT2D eigenvalue weighted by Crippen LogP contribution is 2.43. The minimum atomic E-state index is -2.93. The average Bonchev–Trinajstić information content (AvgIpc) is 3.81. The van der Waals surface area contributed by atoms with Crippen molar-refractivity contribution in [2.24, 2.45) is 5.92 Å². The Bertz CT molecular complexity index is 2880. The van der Waals surface area contributed by atoms with Gasteiger partial charge in [0, 0.05) is 105 Å². The topological polar surface area (TPSA) is 165 Å². The number of hydrogen-bond acceptors (Lipinski definition) is 13. The maximum absolute atomic E-state index is 15.3. The molecule has 0 saturated carbocycles. The van der Waals surface area contributed by atoms with Crippen LogP contribution in [0.3, 0.4) is 0 Å². The van der Waals surface area contributed by atoms with Gasteiger partial charge >= 0.3 is 0 Å². The van der Waals surface area contributed by atoms with Crippen LogP contribution in [0.5, 0.6) is 5.75 Å². The zero-order valence-corrected chi connectivity index (χ0v) is 41.7. The second kappa shape index (κ2) is 19.5. The number of aromatic nitrogens is 3. The normalized spacial score (nSPS) is 19.6. The third-order valence-electron chi connectivity index (χ3n) is 13.9. The first kappa shape index (κ1) is 48.3. The van der Waals surface area contributed by atoms with Crippen LogP contribution in [0, 0.1) is 37.2 Å². The molecule has 0 aliphatic carbocycles. The van der Waals surface area contributed by atoms with Gasteiger partial charge in [-0.15, -0.1) is 0 Å². The third-order valence-corrected chi connectivity index (χ3v) is 16.0. The van der Waals surface area contributed by atoms with Crippen molar-refractivity contribution in [2.45, 2.75) is 57.9 Å². The van der Waals surface area contributed by atoms with Gasteiger partial charge in [0.25, 0.3) is 0 Å². The van der Waals surface area contributed by atoms with Gasteiger partial charge in [-0.2, -0.15) is 4.98 Å². The molecule has 364 valence electrons. The Morgan fingerprint density at radius 3 is 2.25 bits per heavy atom. The van der Waals surface area contributed by atoms with Gasteiger partial charge in [0.15, 0.2) is 0 Å². The molecule has 9 rings (SSSR count). The summed E-state index contributed by atoms with van der Waals surface area (Å²) in [6, 6.07) is 11.8. The molecule has 4 fully saturated rings. The number of pyridine rings is 1. The van der Waals surface area contributed by atoms with Gasteiger partial charge in [0.1, 0.15) is 36.2 Å². The molecule has 0 bridgehead atoms. The molecule has 4 saturated heterocycles. The fourth-order valence-electron chi connectivity index (χ4n) is 10.3. The van der Waals surface area contributed by atoms with Gasteiger partial charge in [-0.3, -0.25) is 29.6 Å². The number of carbonyl (C=O) groups is 3. The molecule has 4 aliphatic heterocycles. The van der Waals surface area contributed by atoms with Gasteiger partial charge in [-0.25, -0.2) is 18.2 Å². The van der Waals surface area contributed by atoms with Crippen molar-refractivity contribution in [3.05, 3.63) is 87.4 Å². The predicted molar refractivity (Wildman–Crippen MR) is 265 cm³/mol. The molecule has 69 heavy (non-hydrogen) atoms. The lowest BCUT2D eigenvalue weighted by Gasteiger charge is -2.44. The maximum atomic E-state index is 15.3. The molecular weight excluding hydrogens is 976 g/mol. The largest absolute Gasteiger partial charge is 0.494 e. The van der Waals surface area contributed by atoms with Crippen LogP contribution < -0.4 is 35.8 Å². The molecule has 20 heteroatoms. The second-order valence-electron chi connectivity index (χ2n) is 18.8. The van der Waals surface area contributed by atoms with E-state index in [1.807, 2.05) is 21.9 Å². The van der Waals surface area contributed by atoms with E-state index in [0.717, 1.165) is 50.3 Å². The Kier molecular flexibility index (Phi) is 13.7. The number of rotatable bonds is 11. The van der Waals surface area contributed by atoms with Crippen LogP contribution in [-0.2, 0) is 18.9 Å². The number of benzene rings is 3. The SMILES string of the molecule is COc1cc(N2CCC(N3CCN(C(=O)[C@@H]4CCN(c5cc(F)c([C@H]6CCC(=O)NC6=O)c(F)c5)C4)CC3)CC2)c(C)cc1Nc1ncc(Br)c(Nc2ccc3nc(C)c(F)cc3c2P(C)(C)=O)n1. The Morgan fingerprint density at radius 2 is 1.57 bits per heavy atom. The first-order valence-electron chi connectivity index (χ1n) is 23.2. The zero-order chi connectivity index (χ0) is 48.9. The Balaban J connectivity index is 0.788. The van der Waals surface area contributed by atoms with Crippen molar-refractivity contribution in [3.8, 4) is 5.75 Å². The molecule has 0 radical (unpaired) electrons. The lowest BCUT2D eigenvalue weighted by Crippen LogP contribution is -2.55. The van der Waals surface area contributed by atoms with E-state index in [4.69, 9.17) is 9.72 Å². The van der Waals surface area contributed by atoms with Crippen molar-refractivity contribution in [1.29, 1.82) is 0 Å². The van der Waals surface area contributed by atoms with Crippen molar-refractivity contribution < 1.29 is 36.9 Å². The molecule has 0 spiro atoms. The number of amides is 3. The summed E-state index contributed by atoms with van der Waals surface area (Å²) in [6.07, 6.45) is 4.18. The van der Waals surface area contributed by atoms with Crippen LogP contribution in [0.15, 0.2) is 53.1 Å². The van der Waals surface area contributed by atoms with Crippen LogP contribution in [0.4, 0.5) is 47.7 Å². The first-order valence-corrected chi connectivity index (χ1v) is 26.6. The lowest BCUT2D eigenvalue weighted by molar-refractivity contribution is -0.137. The minimum Gasteiger partial charge on any atom is -0.494 e. The van der Waals surface area contributed by atoms with Crippen LogP contribution in [-0.4, -0.2) is 121 Å². The third kappa shape index (κ3) is 10.00. The van der Waals surface area contributed by atoms with Crippen LogP contribution >= 0.6 is 23.1 Å². The van der Waals surface area contributed by atoms with Crippen molar-refractivity contribution in [3.63, 3.8) is 0 Å². The number of piperidine rings is 2. The smallest absolute Gasteiger partial charge is 0.234 e. The number of piperazine rings is 1. The second-order valence-corrected chi connectivity index (χ2v) is 22.8. The molecule has 6 heterocycles. The molecule has 15 nitrogen and oxygen atoms in total. The summed E-state index contributed by atoms with van der Waals surface area (Å²) < 4.78 is 65.4. The quantitative estimate of drug-likeness (QED) is 0.0871. The number of fused-ring (bicyclic) bond motifs is 1. The number of imide groups is 1. The van der Waals surface area contributed by atoms with Gasteiger partial charge < -0.3 is 34.6 Å². The summed E-state index contributed by atoms with van der Waals surface area (Å²) in [5.41, 5.74) is 4.14. The predicted octanol–water partition coefficient (Wildman–Crippen LogP) is 7.72. The zero-order valence-electron chi connectivity index (χ0n) is 39.2. The van der Waals surface area contributed by atoms with Crippen LogP contribution in [0.25, 0.3) is 10.9 Å². The number of aryl methyl sites for hydroxylation is 2. The number of methoxy groups -OCH3 is 1. The highest BCUT2D eigenvalue weighted by atomic mass is 79.9. The summed E-state index contributed by atoms with van der Waals surface area (Å²) in [6.45, 7) is 12.3. The monoisotopic (exact) mass is 1030 g/mol. The Hall–Kier alpha value is -5.78. The molecule has 4 aliphatic rings. The molecule has 0 unspecified atom stereocenters. The summed E-state index contributed by atoms with van der Waals surface area (Å²) in [5.74, 6) is -3.24. The number of carbonyl (C=O) groups excluding carboxylic acids is 3. The molecule has 2 aromatic heterocycles. The van der Waals surface area contributed by atoms with E-state index in [9.17, 15) is 23.3 Å². The fourth-order valence-corrected chi connectivity index (χ4v) is 12.1. The maximum Gasteiger partial charge on any atom is 0.234 e. The Morgan fingerprint density at radius 1 is 0.855 bits per heavy atom. The summed E-state index contributed by atoms with van der Waals surface area (Å²) >= 11 is 3.55. The van der Waals surface area contributed by atoms with E-state index < -0.39 is 42.3 Å². The number of nitrogens with one attached hydrogen (secondary N) is 3. The summed E-state index contributed by atoms with van der Waals surface area (Å²) in [5, 5.41) is 9.74. The number of hydrogen-bond donors (Lipinski definition) is 3. The van der Waals surface area contributed by atoms with Gasteiger partial charge in [-0.1, -0.05) is 0 Å². The number of nitrogens with zero attached hydrogens (tertiary/aromatic N) is 7. The Labute approximate surface area is 407 Å². The number of halogens is 4. The molecule has 3 aromatic carbocycles. The number of ether oxygens (including phenoxy) is 1. The van der Waals surface area contributed by atoms with Crippen molar-refractivity contribution in [2.75, 3.05) is 93.2 Å². The fraction of sp³-hybridized carbons (Fsp3) is 0.429. The molecule has 3 amide bonds. The molecule has 5 aromatic rings. The van der Waals surface area contributed by atoms with Gasteiger partial charge in [0.2, 0.25) is 23.7 Å². The average molecular weight is 1030 g/mol. The minimum absolute atomic E-state index is 0.0208. The van der Waals surface area contributed by atoms with E-state index in [1.54, 1.807) is 45.7 Å². The summed E-state index contributed by atoms with van der Waals surface area (Å²) in [7, 11) is -1.31. The van der Waals surface area contributed by atoms with Gasteiger partial charge in [-0.05, 0) is 111 Å². The highest BCUT2D eigenvalue weighted by Gasteiger charge is 2.37. The highest BCUT2D eigenvalue weighted by molar-refractivity contribution is 9.10. The van der Waals surface area contributed by atoms with Crippen LogP contribution in [0.1, 0.15) is 54.8 Å². The van der Waals surface area contributed by atoms with E-state index in [1.165, 1.54) is 18.2 Å². The number of anilines is 6. The van der Waals surface area contributed by atoms with E-state index in [-0.39, 0.29) is 35.9 Å². The van der Waals surface area contributed by atoms with Crippen molar-refractivity contribution in [1.82, 2.24) is 30.1 Å². The van der Waals surface area contributed by atoms with Crippen LogP contribution in [0.2, 0.25) is 0 Å². The van der Waals surface area contributed by atoms with Gasteiger partial charge in [0.05, 0.1) is 46.0 Å². The molecule has 2 atom stereocenters. The van der Waals surface area contributed by atoms with E-state index in [2.05, 4.69) is 58.6 Å². The van der Waals surface area contributed by atoms with E-state index >= 15 is 8.78 Å². The van der Waals surface area contributed by atoms with E-state index in [0.29, 0.717) is 93.9 Å².